The molecule has 2 heterocycles. The maximum Gasteiger partial charge on any atom is 0.407 e. The number of nitrogens with zero attached hydrogens (tertiary/aromatic N) is 2. The van der Waals surface area contributed by atoms with E-state index in [9.17, 15) is 4.79 Å². The van der Waals surface area contributed by atoms with Crippen molar-refractivity contribution >= 4 is 6.09 Å². The molecule has 106 valence electrons. The highest BCUT2D eigenvalue weighted by molar-refractivity contribution is 5.65. The van der Waals surface area contributed by atoms with Crippen LogP contribution in [-0.2, 0) is 0 Å². The predicted octanol–water partition coefficient (Wildman–Crippen LogP) is 2.25. The molecule has 0 aromatic carbocycles. The van der Waals surface area contributed by atoms with Crippen LogP contribution in [0.4, 0.5) is 4.79 Å². The molecular formula is C15H24N2O2. The number of carboxylic acid groups (broad SMARTS) is 1. The molecule has 19 heavy (non-hydrogen) atoms. The van der Waals surface area contributed by atoms with Crippen LogP contribution in [0.2, 0.25) is 0 Å². The van der Waals surface area contributed by atoms with Gasteiger partial charge in [-0.25, -0.2) is 4.79 Å². The fourth-order valence-corrected chi connectivity index (χ4v) is 2.88. The molecule has 0 aliphatic carbocycles. The summed E-state index contributed by atoms with van der Waals surface area (Å²) in [4.78, 5) is 15.0. The van der Waals surface area contributed by atoms with Crippen LogP contribution in [-0.4, -0.2) is 52.7 Å². The fraction of sp³-hybridized carbons (Fsp3) is 0.800. The zero-order chi connectivity index (χ0) is 14.0. The van der Waals surface area contributed by atoms with Crippen molar-refractivity contribution in [1.82, 2.24) is 9.80 Å². The van der Waals surface area contributed by atoms with Crippen molar-refractivity contribution in [3.63, 3.8) is 0 Å². The molecule has 2 aliphatic heterocycles. The SMILES string of the molecule is CC(C)(C)C#C[C@H]1CCC[C@H]2CN(C(=O)O)CCN21. The van der Waals surface area contributed by atoms with Crippen LogP contribution in [0.3, 0.4) is 0 Å². The van der Waals surface area contributed by atoms with Crippen molar-refractivity contribution in [2.24, 2.45) is 5.41 Å². The number of hydrogen-bond donors (Lipinski definition) is 1. The molecule has 0 unspecified atom stereocenters. The lowest BCUT2D eigenvalue weighted by Gasteiger charge is -2.46. The summed E-state index contributed by atoms with van der Waals surface area (Å²) < 4.78 is 0. The van der Waals surface area contributed by atoms with Gasteiger partial charge in [0.2, 0.25) is 0 Å². The first-order valence-corrected chi connectivity index (χ1v) is 7.13. The van der Waals surface area contributed by atoms with Gasteiger partial charge in [-0.2, -0.15) is 0 Å². The van der Waals surface area contributed by atoms with Gasteiger partial charge in [-0.15, -0.1) is 0 Å². The summed E-state index contributed by atoms with van der Waals surface area (Å²) in [6.45, 7) is 8.46. The van der Waals surface area contributed by atoms with Gasteiger partial charge < -0.3 is 10.0 Å². The van der Waals surface area contributed by atoms with Crippen LogP contribution >= 0.6 is 0 Å². The van der Waals surface area contributed by atoms with Crippen molar-refractivity contribution in [2.45, 2.75) is 52.1 Å². The Balaban J connectivity index is 2.05. The third-order valence-corrected chi connectivity index (χ3v) is 3.83. The number of amides is 1. The average molecular weight is 264 g/mol. The second-order valence-corrected chi connectivity index (χ2v) is 6.59. The Bertz CT molecular complexity index is 403. The summed E-state index contributed by atoms with van der Waals surface area (Å²) in [6, 6.07) is 0.673. The van der Waals surface area contributed by atoms with Gasteiger partial charge in [0, 0.05) is 31.1 Å². The first-order chi connectivity index (χ1) is 8.87. The lowest BCUT2D eigenvalue weighted by molar-refractivity contribution is 0.0311. The van der Waals surface area contributed by atoms with Gasteiger partial charge in [-0.05, 0) is 40.0 Å². The summed E-state index contributed by atoms with van der Waals surface area (Å²) in [5.74, 6) is 6.75. The minimum atomic E-state index is -0.789. The van der Waals surface area contributed by atoms with Crippen LogP contribution in [0.5, 0.6) is 0 Å². The van der Waals surface area contributed by atoms with Crippen molar-refractivity contribution in [2.75, 3.05) is 19.6 Å². The second-order valence-electron chi connectivity index (χ2n) is 6.59. The largest absolute Gasteiger partial charge is 0.465 e. The first-order valence-electron chi connectivity index (χ1n) is 7.13. The Morgan fingerprint density at radius 2 is 2.00 bits per heavy atom. The van der Waals surface area contributed by atoms with Crippen molar-refractivity contribution < 1.29 is 9.90 Å². The molecule has 0 bridgehead atoms. The summed E-state index contributed by atoms with van der Waals surface area (Å²) >= 11 is 0. The van der Waals surface area contributed by atoms with Gasteiger partial charge in [0.1, 0.15) is 0 Å². The van der Waals surface area contributed by atoms with E-state index in [1.54, 1.807) is 4.90 Å². The van der Waals surface area contributed by atoms with Gasteiger partial charge in [-0.1, -0.05) is 11.8 Å². The van der Waals surface area contributed by atoms with Gasteiger partial charge in [0.15, 0.2) is 0 Å². The topological polar surface area (TPSA) is 43.8 Å². The molecule has 0 spiro atoms. The van der Waals surface area contributed by atoms with E-state index in [-0.39, 0.29) is 5.41 Å². The third kappa shape index (κ3) is 3.63. The Kier molecular flexibility index (Phi) is 4.05. The monoisotopic (exact) mass is 264 g/mol. The molecule has 2 atom stereocenters. The standard InChI is InChI=1S/C15H24N2O2/c1-15(2,3)8-7-12-5-4-6-13-11-16(14(18)19)9-10-17(12)13/h12-13H,4-6,9-11H2,1-3H3,(H,18,19)/t12-,13+/m1/s1. The van der Waals surface area contributed by atoms with Crippen LogP contribution in [0.25, 0.3) is 0 Å². The van der Waals surface area contributed by atoms with E-state index in [1.165, 1.54) is 0 Å². The lowest BCUT2D eigenvalue weighted by atomic mass is 9.91. The summed E-state index contributed by atoms with van der Waals surface area (Å²) in [6.07, 6.45) is 2.57. The van der Waals surface area contributed by atoms with E-state index in [2.05, 4.69) is 37.5 Å². The van der Waals surface area contributed by atoms with E-state index in [0.29, 0.717) is 25.2 Å². The fourth-order valence-electron chi connectivity index (χ4n) is 2.88. The van der Waals surface area contributed by atoms with Gasteiger partial charge in [0.25, 0.3) is 0 Å². The molecule has 4 heteroatoms. The Hall–Kier alpha value is -1.21. The van der Waals surface area contributed by atoms with Crippen molar-refractivity contribution in [3.05, 3.63) is 0 Å². The minimum Gasteiger partial charge on any atom is -0.465 e. The smallest absolute Gasteiger partial charge is 0.407 e. The zero-order valence-corrected chi connectivity index (χ0v) is 12.1. The molecule has 2 fully saturated rings. The highest BCUT2D eigenvalue weighted by Crippen LogP contribution is 2.26. The summed E-state index contributed by atoms with van der Waals surface area (Å²) in [5, 5.41) is 9.08. The lowest BCUT2D eigenvalue weighted by Crippen LogP contribution is -2.59. The minimum absolute atomic E-state index is 0.0375. The summed E-state index contributed by atoms with van der Waals surface area (Å²) in [7, 11) is 0. The van der Waals surface area contributed by atoms with E-state index >= 15 is 0 Å². The highest BCUT2D eigenvalue weighted by atomic mass is 16.4. The van der Waals surface area contributed by atoms with Gasteiger partial charge >= 0.3 is 6.09 Å². The number of fused-ring (bicyclic) bond motifs is 1. The molecule has 1 N–H and O–H groups in total. The maximum absolute atomic E-state index is 11.0. The number of rotatable bonds is 0. The number of hydrogen-bond acceptors (Lipinski definition) is 2. The molecule has 0 aromatic heterocycles. The van der Waals surface area contributed by atoms with E-state index in [4.69, 9.17) is 5.11 Å². The Morgan fingerprint density at radius 3 is 2.63 bits per heavy atom. The third-order valence-electron chi connectivity index (χ3n) is 3.83. The van der Waals surface area contributed by atoms with E-state index in [0.717, 1.165) is 25.8 Å². The molecule has 1 amide bonds. The van der Waals surface area contributed by atoms with Crippen LogP contribution in [0.1, 0.15) is 40.0 Å². The van der Waals surface area contributed by atoms with Crippen LogP contribution in [0, 0.1) is 17.3 Å². The average Bonchev–Trinajstić information content (AvgIpc) is 2.34. The van der Waals surface area contributed by atoms with Gasteiger partial charge in [-0.3, -0.25) is 4.90 Å². The number of piperidine rings is 1. The number of piperazine rings is 1. The van der Waals surface area contributed by atoms with E-state index in [1.807, 2.05) is 0 Å². The molecule has 0 aromatic rings. The van der Waals surface area contributed by atoms with Crippen molar-refractivity contribution in [3.8, 4) is 11.8 Å². The zero-order valence-electron chi connectivity index (χ0n) is 12.1. The predicted molar refractivity (Wildman–Crippen MR) is 75.0 cm³/mol. The second kappa shape index (κ2) is 5.42. The Morgan fingerprint density at radius 1 is 1.26 bits per heavy atom. The quantitative estimate of drug-likeness (QED) is 0.682. The molecule has 0 radical (unpaired) electrons. The molecule has 0 saturated carbocycles. The molecular weight excluding hydrogens is 240 g/mol. The summed E-state index contributed by atoms with van der Waals surface area (Å²) in [5.41, 5.74) is 0.0375. The maximum atomic E-state index is 11.0. The molecule has 2 aliphatic rings. The highest BCUT2D eigenvalue weighted by Gasteiger charge is 2.35. The van der Waals surface area contributed by atoms with Crippen molar-refractivity contribution in [1.29, 1.82) is 0 Å². The Labute approximate surface area is 115 Å². The molecule has 2 saturated heterocycles. The van der Waals surface area contributed by atoms with Gasteiger partial charge in [0.05, 0.1) is 6.04 Å². The van der Waals surface area contributed by atoms with Crippen LogP contribution in [0.15, 0.2) is 0 Å². The normalized spacial score (nSPS) is 28.3. The molecule has 2 rings (SSSR count). The van der Waals surface area contributed by atoms with Crippen LogP contribution < -0.4 is 0 Å². The molecule has 4 nitrogen and oxygen atoms in total. The van der Waals surface area contributed by atoms with E-state index < -0.39 is 6.09 Å². The number of carbonyl (C=O) groups is 1. The first kappa shape index (κ1) is 14.2.